The summed E-state index contributed by atoms with van der Waals surface area (Å²) in [6, 6.07) is 12.5. The molecule has 0 atom stereocenters. The van der Waals surface area contributed by atoms with Gasteiger partial charge in [0, 0.05) is 31.3 Å². The Labute approximate surface area is 150 Å². The number of ether oxygens (including phenoxy) is 3. The number of hydrogen-bond acceptors (Lipinski definition) is 5. The molecule has 0 saturated heterocycles. The number of benzene rings is 2. The van der Waals surface area contributed by atoms with Crippen LogP contribution in [0.25, 0.3) is 0 Å². The molecule has 2 rings (SSSR count). The highest BCUT2D eigenvalue weighted by Gasteiger charge is 2.11. The molecule has 2 aromatic rings. The lowest BCUT2D eigenvalue weighted by Gasteiger charge is -2.15. The van der Waals surface area contributed by atoms with Gasteiger partial charge in [0.05, 0.1) is 21.3 Å². The van der Waals surface area contributed by atoms with Crippen molar-refractivity contribution in [2.24, 2.45) is 0 Å². The second kappa shape index (κ2) is 9.30. The predicted octanol–water partition coefficient (Wildman–Crippen LogP) is 3.06. The van der Waals surface area contributed by atoms with Crippen molar-refractivity contribution >= 4 is 0 Å². The van der Waals surface area contributed by atoms with Crippen LogP contribution in [0.3, 0.4) is 0 Å². The van der Waals surface area contributed by atoms with Crippen LogP contribution >= 0.6 is 0 Å². The second-order valence-electron chi connectivity index (χ2n) is 6.18. The molecule has 0 bridgehead atoms. The highest BCUT2D eigenvalue weighted by molar-refractivity contribution is 5.50. The van der Waals surface area contributed by atoms with Gasteiger partial charge in [-0.2, -0.15) is 0 Å². The molecule has 25 heavy (non-hydrogen) atoms. The average Bonchev–Trinajstić information content (AvgIpc) is 2.62. The van der Waals surface area contributed by atoms with E-state index in [-0.39, 0.29) is 0 Å². The molecule has 2 aromatic carbocycles. The van der Waals surface area contributed by atoms with E-state index in [0.29, 0.717) is 18.0 Å². The highest BCUT2D eigenvalue weighted by atomic mass is 16.5. The van der Waals surface area contributed by atoms with Crippen LogP contribution in [0, 0.1) is 0 Å². The minimum Gasteiger partial charge on any atom is -0.496 e. The molecule has 0 spiro atoms. The minimum atomic E-state index is 0.666. The molecule has 1 N–H and O–H groups in total. The van der Waals surface area contributed by atoms with Gasteiger partial charge in [-0.1, -0.05) is 24.3 Å². The molecule has 0 unspecified atom stereocenters. The van der Waals surface area contributed by atoms with E-state index in [1.807, 2.05) is 12.1 Å². The van der Waals surface area contributed by atoms with E-state index in [1.54, 1.807) is 21.3 Å². The molecule has 0 fully saturated rings. The van der Waals surface area contributed by atoms with Crippen LogP contribution in [0.4, 0.5) is 0 Å². The maximum absolute atomic E-state index is 5.46. The molecule has 136 valence electrons. The van der Waals surface area contributed by atoms with Gasteiger partial charge in [0.2, 0.25) is 0 Å². The van der Waals surface area contributed by atoms with Gasteiger partial charge in [-0.05, 0) is 31.3 Å². The summed E-state index contributed by atoms with van der Waals surface area (Å²) >= 11 is 0. The third-order valence-corrected chi connectivity index (χ3v) is 3.95. The van der Waals surface area contributed by atoms with Crippen molar-refractivity contribution in [1.29, 1.82) is 0 Å². The van der Waals surface area contributed by atoms with Crippen molar-refractivity contribution in [3.05, 3.63) is 53.1 Å². The SMILES string of the molecule is COc1cc(OC)c(OC)cc1CNCc1ccc(CN(C)C)cc1. The van der Waals surface area contributed by atoms with Crippen LogP contribution in [0.5, 0.6) is 17.2 Å². The van der Waals surface area contributed by atoms with Crippen molar-refractivity contribution in [3.8, 4) is 17.2 Å². The molecule has 0 saturated carbocycles. The summed E-state index contributed by atoms with van der Waals surface area (Å²) in [6.07, 6.45) is 0. The molecule has 0 heterocycles. The fourth-order valence-electron chi connectivity index (χ4n) is 2.70. The Morgan fingerprint density at radius 3 is 1.88 bits per heavy atom. The third kappa shape index (κ3) is 5.37. The molecule has 0 aliphatic heterocycles. The maximum Gasteiger partial charge on any atom is 0.164 e. The third-order valence-electron chi connectivity index (χ3n) is 3.95. The number of nitrogens with zero attached hydrogens (tertiary/aromatic N) is 1. The summed E-state index contributed by atoms with van der Waals surface area (Å²) in [5.74, 6) is 2.15. The van der Waals surface area contributed by atoms with Gasteiger partial charge < -0.3 is 24.4 Å². The Hall–Kier alpha value is -2.24. The van der Waals surface area contributed by atoms with Gasteiger partial charge in [0.25, 0.3) is 0 Å². The summed E-state index contributed by atoms with van der Waals surface area (Å²) in [4.78, 5) is 2.16. The van der Waals surface area contributed by atoms with Crippen molar-refractivity contribution in [1.82, 2.24) is 10.2 Å². The summed E-state index contributed by atoms with van der Waals surface area (Å²) < 4.78 is 16.2. The Morgan fingerprint density at radius 1 is 0.760 bits per heavy atom. The zero-order chi connectivity index (χ0) is 18.2. The lowest BCUT2D eigenvalue weighted by molar-refractivity contribution is 0.347. The molecule has 0 aliphatic carbocycles. The standard InChI is InChI=1S/C20H28N2O3/c1-22(2)14-16-8-6-15(7-9-16)12-21-13-17-10-19(24-4)20(25-5)11-18(17)23-3/h6-11,21H,12-14H2,1-5H3. The largest absolute Gasteiger partial charge is 0.496 e. The molecular weight excluding hydrogens is 316 g/mol. The Morgan fingerprint density at radius 2 is 1.32 bits per heavy atom. The molecule has 0 aliphatic rings. The van der Waals surface area contributed by atoms with E-state index in [2.05, 4.69) is 48.6 Å². The van der Waals surface area contributed by atoms with Crippen LogP contribution in [0.2, 0.25) is 0 Å². The first kappa shape index (κ1) is 19.1. The van der Waals surface area contributed by atoms with E-state index in [0.717, 1.165) is 24.4 Å². The van der Waals surface area contributed by atoms with E-state index in [1.165, 1.54) is 11.1 Å². The summed E-state index contributed by atoms with van der Waals surface area (Å²) in [5, 5.41) is 3.45. The number of nitrogens with one attached hydrogen (secondary N) is 1. The molecular formula is C20H28N2O3. The zero-order valence-corrected chi connectivity index (χ0v) is 15.8. The smallest absolute Gasteiger partial charge is 0.164 e. The Kier molecular flexibility index (Phi) is 7.10. The minimum absolute atomic E-state index is 0.666. The maximum atomic E-state index is 5.46. The van der Waals surface area contributed by atoms with Crippen LogP contribution in [-0.4, -0.2) is 40.3 Å². The first-order valence-corrected chi connectivity index (χ1v) is 8.29. The molecule has 5 heteroatoms. The van der Waals surface area contributed by atoms with E-state index in [9.17, 15) is 0 Å². The van der Waals surface area contributed by atoms with Gasteiger partial charge in [-0.25, -0.2) is 0 Å². The molecule has 0 radical (unpaired) electrons. The Balaban J connectivity index is 1.99. The molecule has 5 nitrogen and oxygen atoms in total. The number of rotatable bonds is 9. The van der Waals surface area contributed by atoms with Gasteiger partial charge in [-0.3, -0.25) is 0 Å². The van der Waals surface area contributed by atoms with Crippen LogP contribution in [0.1, 0.15) is 16.7 Å². The van der Waals surface area contributed by atoms with Crippen molar-refractivity contribution in [3.63, 3.8) is 0 Å². The topological polar surface area (TPSA) is 43.0 Å². The lowest BCUT2D eigenvalue weighted by Crippen LogP contribution is -2.14. The zero-order valence-electron chi connectivity index (χ0n) is 15.8. The number of methoxy groups -OCH3 is 3. The van der Waals surface area contributed by atoms with Crippen LogP contribution in [-0.2, 0) is 19.6 Å². The fraction of sp³-hybridized carbons (Fsp3) is 0.400. The first-order valence-electron chi connectivity index (χ1n) is 8.29. The van der Waals surface area contributed by atoms with Crippen molar-refractivity contribution in [2.75, 3.05) is 35.4 Å². The van der Waals surface area contributed by atoms with Crippen molar-refractivity contribution < 1.29 is 14.2 Å². The van der Waals surface area contributed by atoms with E-state index in [4.69, 9.17) is 14.2 Å². The highest BCUT2D eigenvalue weighted by Crippen LogP contribution is 2.34. The molecule has 0 amide bonds. The van der Waals surface area contributed by atoms with Crippen LogP contribution < -0.4 is 19.5 Å². The quantitative estimate of drug-likeness (QED) is 0.757. The average molecular weight is 344 g/mol. The Bertz CT molecular complexity index is 669. The van der Waals surface area contributed by atoms with Gasteiger partial charge in [-0.15, -0.1) is 0 Å². The number of hydrogen-bond donors (Lipinski definition) is 1. The van der Waals surface area contributed by atoms with Gasteiger partial charge in [0.1, 0.15) is 5.75 Å². The normalized spacial score (nSPS) is 10.8. The monoisotopic (exact) mass is 344 g/mol. The van der Waals surface area contributed by atoms with Gasteiger partial charge in [0.15, 0.2) is 11.5 Å². The lowest BCUT2D eigenvalue weighted by atomic mass is 10.1. The van der Waals surface area contributed by atoms with E-state index >= 15 is 0 Å². The van der Waals surface area contributed by atoms with Gasteiger partial charge >= 0.3 is 0 Å². The second-order valence-corrected chi connectivity index (χ2v) is 6.18. The fourth-order valence-corrected chi connectivity index (χ4v) is 2.70. The summed E-state index contributed by atoms with van der Waals surface area (Å²) in [5.41, 5.74) is 3.60. The van der Waals surface area contributed by atoms with E-state index < -0.39 is 0 Å². The summed E-state index contributed by atoms with van der Waals surface area (Å²) in [7, 11) is 9.07. The van der Waals surface area contributed by atoms with Crippen molar-refractivity contribution in [2.45, 2.75) is 19.6 Å². The predicted molar refractivity (Wildman–Crippen MR) is 100 cm³/mol. The summed E-state index contributed by atoms with van der Waals surface area (Å²) in [6.45, 7) is 2.43. The molecule has 0 aromatic heterocycles. The first-order chi connectivity index (χ1) is 12.1. The van der Waals surface area contributed by atoms with Crippen LogP contribution in [0.15, 0.2) is 36.4 Å².